The summed E-state index contributed by atoms with van der Waals surface area (Å²) < 4.78 is 0. The van der Waals surface area contributed by atoms with Crippen LogP contribution in [0.1, 0.15) is 46.1 Å². The van der Waals surface area contributed by atoms with Crippen molar-refractivity contribution in [3.05, 3.63) is 18.0 Å². The molecule has 2 rings (SSSR count). The Bertz CT molecular complexity index is 344. The number of nitrogens with one attached hydrogen (secondary N) is 1. The molecule has 1 aliphatic rings. The second-order valence-corrected chi connectivity index (χ2v) is 5.73. The highest BCUT2D eigenvalue weighted by Crippen LogP contribution is 2.37. The fourth-order valence-electron chi connectivity index (χ4n) is 1.36. The Balaban J connectivity index is 2.10. The van der Waals surface area contributed by atoms with Crippen LogP contribution in [0.25, 0.3) is 0 Å². The van der Waals surface area contributed by atoms with Crippen molar-refractivity contribution in [2.24, 2.45) is 0 Å². The van der Waals surface area contributed by atoms with Crippen LogP contribution in [0.3, 0.4) is 0 Å². The van der Waals surface area contributed by atoms with E-state index >= 15 is 0 Å². The van der Waals surface area contributed by atoms with Crippen molar-refractivity contribution in [3.63, 3.8) is 0 Å². The van der Waals surface area contributed by atoms with Gasteiger partial charge in [-0.3, -0.25) is 0 Å². The van der Waals surface area contributed by atoms with Crippen molar-refractivity contribution >= 4 is 5.95 Å². The predicted octanol–water partition coefficient (Wildman–Crippen LogP) is 2.74. The molecule has 15 heavy (non-hydrogen) atoms. The molecule has 0 spiro atoms. The van der Waals surface area contributed by atoms with Gasteiger partial charge in [0.15, 0.2) is 0 Å². The number of hydrogen-bond donors (Lipinski definition) is 1. The van der Waals surface area contributed by atoms with Crippen molar-refractivity contribution in [1.82, 2.24) is 9.97 Å². The molecule has 0 unspecified atom stereocenters. The van der Waals surface area contributed by atoms with Gasteiger partial charge in [-0.2, -0.15) is 0 Å². The molecule has 1 N–H and O–H groups in total. The molecule has 0 aromatic carbocycles. The van der Waals surface area contributed by atoms with Gasteiger partial charge in [-0.05, 0) is 30.7 Å². The summed E-state index contributed by atoms with van der Waals surface area (Å²) in [5, 5.41) is 3.35. The van der Waals surface area contributed by atoms with E-state index < -0.39 is 0 Å². The first-order valence-electron chi connectivity index (χ1n) is 5.50. The first-order chi connectivity index (χ1) is 6.89. The number of anilines is 1. The number of nitrogens with zero attached hydrogens (tertiary/aromatic N) is 2. The first kappa shape index (κ1) is 10.4. The third-order valence-electron chi connectivity index (χ3n) is 2.93. The molecule has 1 saturated carbocycles. The van der Waals surface area contributed by atoms with Gasteiger partial charge < -0.3 is 5.32 Å². The van der Waals surface area contributed by atoms with Crippen molar-refractivity contribution in [1.29, 1.82) is 0 Å². The van der Waals surface area contributed by atoms with Crippen LogP contribution in [0, 0.1) is 0 Å². The van der Waals surface area contributed by atoms with E-state index in [-0.39, 0.29) is 11.0 Å². The maximum atomic E-state index is 4.35. The lowest BCUT2D eigenvalue weighted by Gasteiger charge is -2.18. The Hall–Kier alpha value is -1.12. The highest BCUT2D eigenvalue weighted by atomic mass is 15.2. The quantitative estimate of drug-likeness (QED) is 0.806. The zero-order valence-corrected chi connectivity index (χ0v) is 9.96. The fraction of sp³-hybridized carbons (Fsp3) is 0.667. The Morgan fingerprint density at radius 3 is 2.13 bits per heavy atom. The van der Waals surface area contributed by atoms with E-state index in [2.05, 4.69) is 43.0 Å². The smallest absolute Gasteiger partial charge is 0.223 e. The molecule has 3 heteroatoms. The van der Waals surface area contributed by atoms with Gasteiger partial charge in [0, 0.05) is 17.9 Å². The minimum absolute atomic E-state index is 0.127. The summed E-state index contributed by atoms with van der Waals surface area (Å²) in [6.07, 6.45) is 6.27. The standard InChI is InChI=1S/C12H19N3/c1-11(2,3)9-7-13-10(14-8-9)15-12(4)5-6-12/h7-8H,5-6H2,1-4H3,(H,13,14,15). The van der Waals surface area contributed by atoms with Gasteiger partial charge in [0.05, 0.1) is 0 Å². The largest absolute Gasteiger partial charge is 0.349 e. The van der Waals surface area contributed by atoms with Crippen molar-refractivity contribution in [2.75, 3.05) is 5.32 Å². The van der Waals surface area contributed by atoms with E-state index in [1.807, 2.05) is 12.4 Å². The molecule has 0 saturated heterocycles. The zero-order chi connectivity index (χ0) is 11.1. The SMILES string of the molecule is CC1(Nc2ncc(C(C)(C)C)cn2)CC1. The lowest BCUT2D eigenvalue weighted by Crippen LogP contribution is -2.19. The molecule has 1 aromatic rings. The molecule has 0 atom stereocenters. The van der Waals surface area contributed by atoms with Crippen LogP contribution in [0.5, 0.6) is 0 Å². The van der Waals surface area contributed by atoms with E-state index in [4.69, 9.17) is 0 Å². The van der Waals surface area contributed by atoms with E-state index in [1.54, 1.807) is 0 Å². The fourth-order valence-corrected chi connectivity index (χ4v) is 1.36. The third-order valence-corrected chi connectivity index (χ3v) is 2.93. The summed E-state index contributed by atoms with van der Waals surface area (Å²) in [5.41, 5.74) is 1.56. The lowest BCUT2D eigenvalue weighted by molar-refractivity contribution is 0.584. The molecule has 0 amide bonds. The van der Waals surface area contributed by atoms with Gasteiger partial charge in [0.2, 0.25) is 5.95 Å². The van der Waals surface area contributed by atoms with Gasteiger partial charge in [0.25, 0.3) is 0 Å². The number of aromatic nitrogens is 2. The van der Waals surface area contributed by atoms with Gasteiger partial charge in [0.1, 0.15) is 0 Å². The van der Waals surface area contributed by atoms with Crippen LogP contribution in [-0.4, -0.2) is 15.5 Å². The normalized spacial score (nSPS) is 18.7. The molecule has 1 heterocycles. The van der Waals surface area contributed by atoms with E-state index in [0.29, 0.717) is 0 Å². The Morgan fingerprint density at radius 1 is 1.20 bits per heavy atom. The monoisotopic (exact) mass is 205 g/mol. The third kappa shape index (κ3) is 2.46. The molecular formula is C12H19N3. The molecule has 1 aromatic heterocycles. The van der Waals surface area contributed by atoms with Gasteiger partial charge >= 0.3 is 0 Å². The Morgan fingerprint density at radius 2 is 1.73 bits per heavy atom. The number of rotatable bonds is 2. The molecule has 0 radical (unpaired) electrons. The predicted molar refractivity (Wildman–Crippen MR) is 62.0 cm³/mol. The Kier molecular flexibility index (Phi) is 2.21. The molecular weight excluding hydrogens is 186 g/mol. The second kappa shape index (κ2) is 3.19. The maximum absolute atomic E-state index is 4.35. The van der Waals surface area contributed by atoms with Crippen LogP contribution >= 0.6 is 0 Å². The summed E-state index contributed by atoms with van der Waals surface area (Å²) >= 11 is 0. The summed E-state index contributed by atoms with van der Waals surface area (Å²) in [6.45, 7) is 8.71. The van der Waals surface area contributed by atoms with Crippen LogP contribution in [0.2, 0.25) is 0 Å². The van der Waals surface area contributed by atoms with E-state index in [0.717, 1.165) is 5.95 Å². The summed E-state index contributed by atoms with van der Waals surface area (Å²) in [4.78, 5) is 8.70. The topological polar surface area (TPSA) is 37.8 Å². The molecule has 1 aliphatic carbocycles. The van der Waals surface area contributed by atoms with Crippen LogP contribution in [0.15, 0.2) is 12.4 Å². The van der Waals surface area contributed by atoms with Gasteiger partial charge in [-0.25, -0.2) is 9.97 Å². The average molecular weight is 205 g/mol. The highest BCUT2D eigenvalue weighted by Gasteiger charge is 2.37. The van der Waals surface area contributed by atoms with Crippen molar-refractivity contribution in [2.45, 2.75) is 51.5 Å². The molecule has 0 aliphatic heterocycles. The Labute approximate surface area is 91.3 Å². The highest BCUT2D eigenvalue weighted by molar-refractivity contribution is 5.33. The molecule has 3 nitrogen and oxygen atoms in total. The van der Waals surface area contributed by atoms with Gasteiger partial charge in [-0.1, -0.05) is 20.8 Å². The molecule has 1 fully saturated rings. The van der Waals surface area contributed by atoms with Crippen molar-refractivity contribution in [3.8, 4) is 0 Å². The van der Waals surface area contributed by atoms with Crippen LogP contribution in [0.4, 0.5) is 5.95 Å². The van der Waals surface area contributed by atoms with E-state index in [9.17, 15) is 0 Å². The summed E-state index contributed by atoms with van der Waals surface area (Å²) in [5.74, 6) is 0.753. The zero-order valence-electron chi connectivity index (χ0n) is 9.96. The second-order valence-electron chi connectivity index (χ2n) is 5.73. The minimum atomic E-state index is 0.127. The summed E-state index contributed by atoms with van der Waals surface area (Å²) in [6, 6.07) is 0. The minimum Gasteiger partial charge on any atom is -0.349 e. The van der Waals surface area contributed by atoms with Crippen LogP contribution < -0.4 is 5.32 Å². The van der Waals surface area contributed by atoms with Crippen molar-refractivity contribution < 1.29 is 0 Å². The summed E-state index contributed by atoms with van der Waals surface area (Å²) in [7, 11) is 0. The lowest BCUT2D eigenvalue weighted by atomic mass is 9.89. The average Bonchev–Trinajstić information content (AvgIpc) is 2.82. The molecule has 82 valence electrons. The van der Waals surface area contributed by atoms with E-state index in [1.165, 1.54) is 18.4 Å². The van der Waals surface area contributed by atoms with Crippen LogP contribution in [-0.2, 0) is 5.41 Å². The molecule has 0 bridgehead atoms. The van der Waals surface area contributed by atoms with Gasteiger partial charge in [-0.15, -0.1) is 0 Å². The maximum Gasteiger partial charge on any atom is 0.223 e. The number of hydrogen-bond acceptors (Lipinski definition) is 3. The first-order valence-corrected chi connectivity index (χ1v) is 5.50.